The standard InChI is InChI=1S/C24H28N2O3S/c1-5-13-26-23(27)22(30-24(26)25-19-10-7-17(3)8-11-19)16-18-9-12-20(29-14-6-2)21(15-18)28-4/h7-12,15-16H,5-6,13-14H2,1-4H3/b22-16+,25-24?. The van der Waals surface area contributed by atoms with Crippen LogP contribution in [0.15, 0.2) is 52.4 Å². The summed E-state index contributed by atoms with van der Waals surface area (Å²) in [6.45, 7) is 7.44. The fourth-order valence-corrected chi connectivity index (χ4v) is 4.02. The predicted molar refractivity (Wildman–Crippen MR) is 125 cm³/mol. The molecule has 1 aliphatic rings. The summed E-state index contributed by atoms with van der Waals surface area (Å²) < 4.78 is 11.2. The molecule has 0 saturated carbocycles. The number of aliphatic imine (C=N–C) groups is 1. The van der Waals surface area contributed by atoms with Gasteiger partial charge in [-0.25, -0.2) is 4.99 Å². The van der Waals surface area contributed by atoms with Crippen molar-refractivity contribution in [2.24, 2.45) is 4.99 Å². The normalized spacial score (nSPS) is 16.5. The van der Waals surface area contributed by atoms with Gasteiger partial charge in [0.05, 0.1) is 24.3 Å². The van der Waals surface area contributed by atoms with E-state index in [0.717, 1.165) is 24.1 Å². The van der Waals surface area contributed by atoms with E-state index in [1.54, 1.807) is 12.0 Å². The first-order valence-corrected chi connectivity index (χ1v) is 11.0. The van der Waals surface area contributed by atoms with Crippen molar-refractivity contribution >= 4 is 34.6 Å². The highest BCUT2D eigenvalue weighted by molar-refractivity contribution is 8.18. The number of methoxy groups -OCH3 is 1. The maximum atomic E-state index is 13.0. The van der Waals surface area contributed by atoms with Gasteiger partial charge < -0.3 is 9.47 Å². The first kappa shape index (κ1) is 22.0. The van der Waals surface area contributed by atoms with Crippen molar-refractivity contribution in [1.29, 1.82) is 0 Å². The van der Waals surface area contributed by atoms with Crippen molar-refractivity contribution in [2.75, 3.05) is 20.3 Å². The van der Waals surface area contributed by atoms with Gasteiger partial charge in [0.15, 0.2) is 16.7 Å². The molecule has 0 bridgehead atoms. The van der Waals surface area contributed by atoms with Crippen LogP contribution in [0.1, 0.15) is 37.8 Å². The lowest BCUT2D eigenvalue weighted by Gasteiger charge is -2.14. The quantitative estimate of drug-likeness (QED) is 0.502. The molecule has 2 aromatic carbocycles. The highest BCUT2D eigenvalue weighted by Gasteiger charge is 2.32. The molecule has 3 rings (SSSR count). The number of benzene rings is 2. The Hall–Kier alpha value is -2.73. The largest absolute Gasteiger partial charge is 0.493 e. The van der Waals surface area contributed by atoms with E-state index in [2.05, 4.69) is 13.8 Å². The maximum Gasteiger partial charge on any atom is 0.266 e. The van der Waals surface area contributed by atoms with Gasteiger partial charge in [0.25, 0.3) is 5.91 Å². The number of carbonyl (C=O) groups excluding carboxylic acids is 1. The van der Waals surface area contributed by atoms with Crippen LogP contribution in [0.3, 0.4) is 0 Å². The zero-order valence-electron chi connectivity index (χ0n) is 18.0. The molecule has 1 amide bonds. The number of aryl methyl sites for hydroxylation is 1. The van der Waals surface area contributed by atoms with E-state index in [1.165, 1.54) is 17.3 Å². The molecule has 1 fully saturated rings. The van der Waals surface area contributed by atoms with Gasteiger partial charge in [0.2, 0.25) is 0 Å². The Morgan fingerprint density at radius 3 is 2.50 bits per heavy atom. The van der Waals surface area contributed by atoms with Gasteiger partial charge in [-0.15, -0.1) is 0 Å². The molecule has 158 valence electrons. The Kier molecular flexibility index (Phi) is 7.57. The van der Waals surface area contributed by atoms with Crippen molar-refractivity contribution in [3.05, 3.63) is 58.5 Å². The Labute approximate surface area is 182 Å². The maximum absolute atomic E-state index is 13.0. The number of ether oxygens (including phenoxy) is 2. The predicted octanol–water partition coefficient (Wildman–Crippen LogP) is 5.81. The number of amides is 1. The number of thioether (sulfide) groups is 1. The molecule has 2 aromatic rings. The first-order chi connectivity index (χ1) is 14.5. The van der Waals surface area contributed by atoms with Crippen molar-refractivity contribution in [2.45, 2.75) is 33.6 Å². The van der Waals surface area contributed by atoms with Gasteiger partial charge in [0, 0.05) is 6.54 Å². The summed E-state index contributed by atoms with van der Waals surface area (Å²) in [6, 6.07) is 13.7. The highest BCUT2D eigenvalue weighted by Crippen LogP contribution is 2.36. The highest BCUT2D eigenvalue weighted by atomic mass is 32.2. The summed E-state index contributed by atoms with van der Waals surface area (Å²) in [6.07, 6.45) is 3.68. The Morgan fingerprint density at radius 2 is 1.83 bits per heavy atom. The zero-order chi connectivity index (χ0) is 21.5. The lowest BCUT2D eigenvalue weighted by Crippen LogP contribution is -2.29. The monoisotopic (exact) mass is 424 g/mol. The second-order valence-electron chi connectivity index (χ2n) is 7.06. The Morgan fingerprint density at radius 1 is 1.07 bits per heavy atom. The zero-order valence-corrected chi connectivity index (χ0v) is 18.8. The van der Waals surface area contributed by atoms with Crippen LogP contribution in [0, 0.1) is 6.92 Å². The molecule has 5 nitrogen and oxygen atoms in total. The molecule has 0 unspecified atom stereocenters. The van der Waals surface area contributed by atoms with E-state index in [1.807, 2.05) is 55.5 Å². The van der Waals surface area contributed by atoms with Gasteiger partial charge >= 0.3 is 0 Å². The molecule has 0 N–H and O–H groups in total. The third-order valence-electron chi connectivity index (χ3n) is 4.54. The minimum Gasteiger partial charge on any atom is -0.493 e. The lowest BCUT2D eigenvalue weighted by atomic mass is 10.2. The minimum atomic E-state index is -0.0158. The van der Waals surface area contributed by atoms with E-state index in [4.69, 9.17) is 14.5 Å². The van der Waals surface area contributed by atoms with Crippen LogP contribution in [0.4, 0.5) is 5.69 Å². The van der Waals surface area contributed by atoms with Crippen LogP contribution in [-0.2, 0) is 4.79 Å². The van der Waals surface area contributed by atoms with Crippen molar-refractivity contribution < 1.29 is 14.3 Å². The third kappa shape index (κ3) is 5.25. The van der Waals surface area contributed by atoms with E-state index >= 15 is 0 Å². The number of nitrogens with zero attached hydrogens (tertiary/aromatic N) is 2. The van der Waals surface area contributed by atoms with Gasteiger partial charge in [-0.2, -0.15) is 0 Å². The molecular formula is C24H28N2O3S. The fraction of sp³-hybridized carbons (Fsp3) is 0.333. The molecule has 0 radical (unpaired) electrons. The molecule has 1 aliphatic heterocycles. The average Bonchev–Trinajstić information content (AvgIpc) is 3.03. The summed E-state index contributed by atoms with van der Waals surface area (Å²) in [7, 11) is 1.62. The van der Waals surface area contributed by atoms with E-state index < -0.39 is 0 Å². The van der Waals surface area contributed by atoms with Gasteiger partial charge in [0.1, 0.15) is 0 Å². The molecule has 0 spiro atoms. The Bertz CT molecular complexity index is 951. The van der Waals surface area contributed by atoms with Crippen molar-refractivity contribution in [1.82, 2.24) is 4.90 Å². The van der Waals surface area contributed by atoms with E-state index in [0.29, 0.717) is 34.7 Å². The number of rotatable bonds is 8. The molecule has 0 aromatic heterocycles. The number of hydrogen-bond donors (Lipinski definition) is 0. The van der Waals surface area contributed by atoms with Crippen molar-refractivity contribution in [3.8, 4) is 11.5 Å². The summed E-state index contributed by atoms with van der Waals surface area (Å²) >= 11 is 1.41. The van der Waals surface area contributed by atoms with Gasteiger partial charge in [-0.1, -0.05) is 37.6 Å². The Balaban J connectivity index is 1.89. The summed E-state index contributed by atoms with van der Waals surface area (Å²) in [5, 5.41) is 0.715. The van der Waals surface area contributed by atoms with Gasteiger partial charge in [-0.3, -0.25) is 9.69 Å². The SMILES string of the molecule is CCCOc1ccc(/C=C2/SC(=Nc3ccc(C)cc3)N(CCC)C2=O)cc1OC. The summed E-state index contributed by atoms with van der Waals surface area (Å²) in [5.74, 6) is 1.35. The second kappa shape index (κ2) is 10.3. The molecule has 6 heteroatoms. The molecule has 1 heterocycles. The first-order valence-electron chi connectivity index (χ1n) is 10.2. The van der Waals surface area contributed by atoms with Gasteiger partial charge in [-0.05, 0) is 67.4 Å². The molecule has 30 heavy (non-hydrogen) atoms. The van der Waals surface area contributed by atoms with Crippen LogP contribution in [0.5, 0.6) is 11.5 Å². The fourth-order valence-electron chi connectivity index (χ4n) is 3.00. The van der Waals surface area contributed by atoms with Crippen LogP contribution in [0.2, 0.25) is 0 Å². The van der Waals surface area contributed by atoms with Crippen molar-refractivity contribution in [3.63, 3.8) is 0 Å². The smallest absolute Gasteiger partial charge is 0.266 e. The van der Waals surface area contributed by atoms with Crippen LogP contribution in [0.25, 0.3) is 6.08 Å². The average molecular weight is 425 g/mol. The number of amidine groups is 1. The lowest BCUT2D eigenvalue weighted by molar-refractivity contribution is -0.122. The van der Waals surface area contributed by atoms with Crippen LogP contribution in [-0.4, -0.2) is 36.2 Å². The second-order valence-corrected chi connectivity index (χ2v) is 8.07. The third-order valence-corrected chi connectivity index (χ3v) is 5.55. The topological polar surface area (TPSA) is 51.1 Å². The van der Waals surface area contributed by atoms with Crippen LogP contribution >= 0.6 is 11.8 Å². The minimum absolute atomic E-state index is 0.0158. The van der Waals surface area contributed by atoms with E-state index in [-0.39, 0.29) is 5.91 Å². The summed E-state index contributed by atoms with van der Waals surface area (Å²) in [4.78, 5) is 20.1. The summed E-state index contributed by atoms with van der Waals surface area (Å²) in [5.41, 5.74) is 2.91. The number of hydrogen-bond acceptors (Lipinski definition) is 5. The van der Waals surface area contributed by atoms with Crippen LogP contribution < -0.4 is 9.47 Å². The molecule has 1 saturated heterocycles. The molecular weight excluding hydrogens is 396 g/mol. The molecule has 0 atom stereocenters. The number of carbonyl (C=O) groups is 1. The molecule has 0 aliphatic carbocycles. The van der Waals surface area contributed by atoms with E-state index in [9.17, 15) is 4.79 Å².